The van der Waals surface area contributed by atoms with Crippen molar-refractivity contribution in [2.24, 2.45) is 0 Å². The van der Waals surface area contributed by atoms with Gasteiger partial charge in [-0.3, -0.25) is 14.9 Å². The fourth-order valence-corrected chi connectivity index (χ4v) is 2.72. The van der Waals surface area contributed by atoms with Crippen molar-refractivity contribution in [2.45, 2.75) is 6.92 Å². The molecule has 1 N–H and O–H groups in total. The van der Waals surface area contributed by atoms with Crippen LogP contribution in [-0.2, 0) is 9.59 Å². The normalized spacial score (nSPS) is 16.0. The van der Waals surface area contributed by atoms with Crippen molar-refractivity contribution in [1.82, 2.24) is 5.32 Å². The zero-order valence-corrected chi connectivity index (χ0v) is 14.6. The van der Waals surface area contributed by atoms with E-state index in [0.717, 1.165) is 4.90 Å². The highest BCUT2D eigenvalue weighted by Gasteiger charge is 2.36. The number of anilines is 1. The largest absolute Gasteiger partial charge is 0.493 e. The lowest BCUT2D eigenvalue weighted by Crippen LogP contribution is -2.54. The van der Waals surface area contributed by atoms with E-state index in [1.165, 1.54) is 6.08 Å². The molecule has 4 amide bonds. The number of carbonyl (C=O) groups excluding carboxylic acids is 3. The second-order valence-electron chi connectivity index (χ2n) is 5.41. The summed E-state index contributed by atoms with van der Waals surface area (Å²) < 4.78 is 5.51. The fourth-order valence-electron chi connectivity index (χ4n) is 2.54. The highest BCUT2D eigenvalue weighted by molar-refractivity contribution is 6.39. The van der Waals surface area contributed by atoms with E-state index in [1.54, 1.807) is 48.5 Å². The second kappa shape index (κ2) is 7.41. The van der Waals surface area contributed by atoms with E-state index in [2.05, 4.69) is 5.32 Å². The summed E-state index contributed by atoms with van der Waals surface area (Å²) in [6, 6.07) is 12.5. The summed E-state index contributed by atoms with van der Waals surface area (Å²) in [4.78, 5) is 38.1. The Morgan fingerprint density at radius 1 is 1.12 bits per heavy atom. The summed E-state index contributed by atoms with van der Waals surface area (Å²) in [6.45, 7) is 2.23. The molecule has 0 saturated carbocycles. The van der Waals surface area contributed by atoms with Gasteiger partial charge in [0.15, 0.2) is 0 Å². The van der Waals surface area contributed by atoms with Crippen molar-refractivity contribution < 1.29 is 19.1 Å². The Kier molecular flexibility index (Phi) is 5.04. The lowest BCUT2D eigenvalue weighted by Gasteiger charge is -2.26. The number of rotatable bonds is 4. The van der Waals surface area contributed by atoms with Crippen LogP contribution in [-0.4, -0.2) is 24.5 Å². The third-order valence-corrected chi connectivity index (χ3v) is 3.92. The standard InChI is InChI=1S/C19H15ClN2O4/c1-2-26-16-9-8-13(20)10-12(16)11-15-17(23)21-19(25)22(18(15)24)14-6-4-3-5-7-14/h3-11H,2H2,1H3,(H,21,23,25)/b15-11+. The Hall–Kier alpha value is -3.12. The van der Waals surface area contributed by atoms with E-state index in [4.69, 9.17) is 16.3 Å². The van der Waals surface area contributed by atoms with Crippen molar-refractivity contribution in [2.75, 3.05) is 11.5 Å². The van der Waals surface area contributed by atoms with Crippen LogP contribution in [0.2, 0.25) is 5.02 Å². The van der Waals surface area contributed by atoms with Crippen LogP contribution in [0.15, 0.2) is 54.1 Å². The maximum Gasteiger partial charge on any atom is 0.335 e. The molecule has 1 fully saturated rings. The molecule has 7 heteroatoms. The van der Waals surface area contributed by atoms with Gasteiger partial charge in [0.25, 0.3) is 11.8 Å². The Morgan fingerprint density at radius 3 is 2.54 bits per heavy atom. The topological polar surface area (TPSA) is 75.7 Å². The monoisotopic (exact) mass is 370 g/mol. The van der Waals surface area contributed by atoms with Crippen LogP contribution in [0.4, 0.5) is 10.5 Å². The number of benzene rings is 2. The molecular weight excluding hydrogens is 356 g/mol. The van der Waals surface area contributed by atoms with Crippen molar-refractivity contribution >= 4 is 41.2 Å². The third-order valence-electron chi connectivity index (χ3n) is 3.69. The maximum absolute atomic E-state index is 12.8. The van der Waals surface area contributed by atoms with Crippen LogP contribution < -0.4 is 15.0 Å². The molecule has 0 unspecified atom stereocenters. The molecule has 3 rings (SSSR count). The van der Waals surface area contributed by atoms with Crippen LogP contribution in [0, 0.1) is 0 Å². The number of amides is 4. The molecule has 0 aliphatic carbocycles. The van der Waals surface area contributed by atoms with Crippen LogP contribution in [0.5, 0.6) is 5.75 Å². The molecular formula is C19H15ClN2O4. The summed E-state index contributed by atoms with van der Waals surface area (Å²) in [5.41, 5.74) is 0.654. The summed E-state index contributed by atoms with van der Waals surface area (Å²) in [7, 11) is 0. The minimum Gasteiger partial charge on any atom is -0.493 e. The van der Waals surface area contributed by atoms with Gasteiger partial charge in [0.2, 0.25) is 0 Å². The first kappa shape index (κ1) is 17.7. The molecule has 0 atom stereocenters. The van der Waals surface area contributed by atoms with Crippen molar-refractivity contribution in [3.8, 4) is 5.75 Å². The number of imide groups is 2. The number of para-hydroxylation sites is 1. The molecule has 0 bridgehead atoms. The fraction of sp³-hybridized carbons (Fsp3) is 0.105. The lowest BCUT2D eigenvalue weighted by molar-refractivity contribution is -0.122. The molecule has 1 aliphatic heterocycles. The maximum atomic E-state index is 12.8. The molecule has 1 aliphatic rings. The van der Waals surface area contributed by atoms with Gasteiger partial charge in [-0.05, 0) is 43.3 Å². The number of barbiturate groups is 1. The highest BCUT2D eigenvalue weighted by Crippen LogP contribution is 2.27. The Morgan fingerprint density at radius 2 is 1.85 bits per heavy atom. The van der Waals surface area contributed by atoms with Crippen molar-refractivity contribution in [1.29, 1.82) is 0 Å². The highest BCUT2D eigenvalue weighted by atomic mass is 35.5. The first-order valence-electron chi connectivity index (χ1n) is 7.90. The van der Waals surface area contributed by atoms with Gasteiger partial charge in [-0.2, -0.15) is 0 Å². The lowest BCUT2D eigenvalue weighted by atomic mass is 10.1. The van der Waals surface area contributed by atoms with E-state index in [-0.39, 0.29) is 5.57 Å². The van der Waals surface area contributed by atoms with Gasteiger partial charge in [0, 0.05) is 10.6 Å². The number of hydrogen-bond donors (Lipinski definition) is 1. The zero-order chi connectivity index (χ0) is 18.7. The molecule has 0 radical (unpaired) electrons. The molecule has 132 valence electrons. The molecule has 2 aromatic carbocycles. The third kappa shape index (κ3) is 3.45. The van der Waals surface area contributed by atoms with Gasteiger partial charge in [0.05, 0.1) is 12.3 Å². The summed E-state index contributed by atoms with van der Waals surface area (Å²) in [5.74, 6) is -1.00. The van der Waals surface area contributed by atoms with E-state index in [0.29, 0.717) is 28.6 Å². The number of carbonyl (C=O) groups is 3. The van der Waals surface area contributed by atoms with Crippen LogP contribution in [0.25, 0.3) is 6.08 Å². The van der Waals surface area contributed by atoms with Crippen molar-refractivity contribution in [3.05, 3.63) is 64.7 Å². The van der Waals surface area contributed by atoms with Gasteiger partial charge in [-0.25, -0.2) is 9.69 Å². The quantitative estimate of drug-likeness (QED) is 0.661. The SMILES string of the molecule is CCOc1ccc(Cl)cc1/C=C1\C(=O)NC(=O)N(c2ccccc2)C1=O. The summed E-state index contributed by atoms with van der Waals surface area (Å²) >= 11 is 6.02. The number of nitrogens with one attached hydrogen (secondary N) is 1. The van der Waals surface area contributed by atoms with E-state index in [9.17, 15) is 14.4 Å². The van der Waals surface area contributed by atoms with Crippen LogP contribution in [0.1, 0.15) is 12.5 Å². The summed E-state index contributed by atoms with van der Waals surface area (Å²) in [5, 5.41) is 2.61. The molecule has 1 heterocycles. The minimum atomic E-state index is -0.792. The molecule has 26 heavy (non-hydrogen) atoms. The van der Waals surface area contributed by atoms with E-state index >= 15 is 0 Å². The van der Waals surface area contributed by atoms with E-state index < -0.39 is 17.8 Å². The number of urea groups is 1. The van der Waals surface area contributed by atoms with Gasteiger partial charge >= 0.3 is 6.03 Å². The Labute approximate surface area is 155 Å². The second-order valence-corrected chi connectivity index (χ2v) is 5.84. The van der Waals surface area contributed by atoms with Gasteiger partial charge in [-0.15, -0.1) is 0 Å². The number of hydrogen-bond acceptors (Lipinski definition) is 4. The summed E-state index contributed by atoms with van der Waals surface area (Å²) in [6.07, 6.45) is 1.37. The first-order chi connectivity index (χ1) is 12.5. The Balaban J connectivity index is 2.05. The minimum absolute atomic E-state index is 0.184. The molecule has 0 spiro atoms. The number of halogens is 1. The first-order valence-corrected chi connectivity index (χ1v) is 8.28. The van der Waals surface area contributed by atoms with Crippen molar-refractivity contribution in [3.63, 3.8) is 0 Å². The average molecular weight is 371 g/mol. The predicted molar refractivity (Wildman–Crippen MR) is 98.1 cm³/mol. The number of ether oxygens (including phenoxy) is 1. The molecule has 1 saturated heterocycles. The molecule has 2 aromatic rings. The predicted octanol–water partition coefficient (Wildman–Crippen LogP) is 3.41. The smallest absolute Gasteiger partial charge is 0.335 e. The Bertz CT molecular complexity index is 909. The van der Waals surface area contributed by atoms with Crippen LogP contribution in [0.3, 0.4) is 0 Å². The van der Waals surface area contributed by atoms with Gasteiger partial charge in [0.1, 0.15) is 11.3 Å². The zero-order valence-electron chi connectivity index (χ0n) is 13.9. The average Bonchev–Trinajstić information content (AvgIpc) is 2.61. The van der Waals surface area contributed by atoms with Gasteiger partial charge in [-0.1, -0.05) is 29.8 Å². The van der Waals surface area contributed by atoms with E-state index in [1.807, 2.05) is 6.92 Å². The molecule has 0 aromatic heterocycles. The van der Waals surface area contributed by atoms with Crippen LogP contribution >= 0.6 is 11.6 Å². The molecule has 6 nitrogen and oxygen atoms in total. The van der Waals surface area contributed by atoms with Gasteiger partial charge < -0.3 is 4.74 Å². The number of nitrogens with zero attached hydrogens (tertiary/aromatic N) is 1.